The van der Waals surface area contributed by atoms with Crippen LogP contribution in [0.1, 0.15) is 63.7 Å². The molecule has 0 saturated heterocycles. The summed E-state index contributed by atoms with van der Waals surface area (Å²) in [5.74, 6) is 1.84. The maximum Gasteiger partial charge on any atom is 0.311 e. The molecule has 1 aromatic rings. The lowest BCUT2D eigenvalue weighted by Crippen LogP contribution is -2.53. The summed E-state index contributed by atoms with van der Waals surface area (Å²) >= 11 is 0. The fourth-order valence-corrected chi connectivity index (χ4v) is 6.28. The molecule has 0 aliphatic heterocycles. The molecule has 0 bridgehead atoms. The zero-order valence-corrected chi connectivity index (χ0v) is 18.3. The number of aryl methyl sites for hydroxylation is 1. The van der Waals surface area contributed by atoms with Crippen molar-refractivity contribution in [2.45, 2.75) is 65.3 Å². The summed E-state index contributed by atoms with van der Waals surface area (Å²) in [6.07, 6.45) is 9.15. The Morgan fingerprint density at radius 3 is 2.79 bits per heavy atom. The first-order valence-electron chi connectivity index (χ1n) is 10.7. The van der Waals surface area contributed by atoms with Gasteiger partial charge in [0.15, 0.2) is 0 Å². The van der Waals surface area contributed by atoms with Gasteiger partial charge in [-0.15, -0.1) is 0 Å². The van der Waals surface area contributed by atoms with Gasteiger partial charge in [-0.25, -0.2) is 0 Å². The Morgan fingerprint density at radius 1 is 1.36 bits per heavy atom. The normalized spacial score (nSPS) is 33.0. The van der Waals surface area contributed by atoms with E-state index in [0.717, 1.165) is 50.8 Å². The van der Waals surface area contributed by atoms with E-state index in [2.05, 4.69) is 45.5 Å². The van der Waals surface area contributed by atoms with Crippen LogP contribution in [0.25, 0.3) is 0 Å². The lowest BCUT2D eigenvalue weighted by Gasteiger charge is -2.57. The van der Waals surface area contributed by atoms with Crippen molar-refractivity contribution in [3.63, 3.8) is 0 Å². The maximum absolute atomic E-state index is 12.7. The minimum Gasteiger partial charge on any atom is -0.469 e. The van der Waals surface area contributed by atoms with Gasteiger partial charge in [-0.05, 0) is 88.4 Å². The molecule has 2 aliphatic rings. The van der Waals surface area contributed by atoms with Gasteiger partial charge in [-0.2, -0.15) is 0 Å². The fraction of sp³-hybridized carbons (Fsp3) is 0.708. The van der Waals surface area contributed by atoms with E-state index in [9.17, 15) is 4.79 Å². The van der Waals surface area contributed by atoms with Crippen molar-refractivity contribution >= 4 is 5.97 Å². The van der Waals surface area contributed by atoms with E-state index in [-0.39, 0.29) is 16.8 Å². The molecule has 4 atom stereocenters. The highest BCUT2D eigenvalue weighted by atomic mass is 16.5. The molecule has 0 N–H and O–H groups in total. The van der Waals surface area contributed by atoms with Gasteiger partial charge in [0.2, 0.25) is 0 Å². The molecule has 0 aromatic carbocycles. The van der Waals surface area contributed by atoms with Gasteiger partial charge in [-0.1, -0.05) is 25.5 Å². The first-order valence-corrected chi connectivity index (χ1v) is 10.7. The molecule has 1 heterocycles. The van der Waals surface area contributed by atoms with E-state index in [0.29, 0.717) is 11.8 Å². The number of furan rings is 1. The summed E-state index contributed by atoms with van der Waals surface area (Å²) in [6.45, 7) is 9.84. The van der Waals surface area contributed by atoms with Crippen LogP contribution < -0.4 is 0 Å². The van der Waals surface area contributed by atoms with Crippen molar-refractivity contribution in [1.29, 1.82) is 0 Å². The van der Waals surface area contributed by atoms with Crippen molar-refractivity contribution in [2.75, 3.05) is 21.2 Å². The number of hydrogen-bond donors (Lipinski definition) is 0. The van der Waals surface area contributed by atoms with E-state index in [1.54, 1.807) is 0 Å². The second-order valence-electron chi connectivity index (χ2n) is 9.72. The first kappa shape index (κ1) is 21.2. The summed E-state index contributed by atoms with van der Waals surface area (Å²) < 4.78 is 11.0. The summed E-state index contributed by atoms with van der Waals surface area (Å²) in [4.78, 5) is 14.8. The monoisotopic (exact) mass is 387 g/mol. The van der Waals surface area contributed by atoms with Crippen LogP contribution in [-0.4, -0.2) is 32.1 Å². The van der Waals surface area contributed by atoms with Gasteiger partial charge in [0, 0.05) is 0 Å². The Hall–Kier alpha value is -1.55. The molecular formula is C24H37NO3. The second-order valence-corrected chi connectivity index (χ2v) is 9.72. The lowest BCUT2D eigenvalue weighted by atomic mass is 9.46. The van der Waals surface area contributed by atoms with Gasteiger partial charge in [0.1, 0.15) is 5.76 Å². The number of ether oxygens (including phenoxy) is 1. The number of allylic oxidation sites excluding steroid dienone is 1. The largest absolute Gasteiger partial charge is 0.469 e. The van der Waals surface area contributed by atoms with Crippen molar-refractivity contribution in [1.82, 2.24) is 4.90 Å². The van der Waals surface area contributed by atoms with Gasteiger partial charge in [0.05, 0.1) is 25.3 Å². The third-order valence-electron chi connectivity index (χ3n) is 7.67. The number of hydrogen-bond acceptors (Lipinski definition) is 4. The van der Waals surface area contributed by atoms with E-state index in [1.165, 1.54) is 24.7 Å². The molecule has 3 rings (SSSR count). The molecular weight excluding hydrogens is 350 g/mol. The number of nitrogens with zero attached hydrogens (tertiary/aromatic N) is 1. The number of carbonyl (C=O) groups is 1. The number of esters is 1. The average molecular weight is 388 g/mol. The minimum absolute atomic E-state index is 0.0298. The Kier molecular flexibility index (Phi) is 6.09. The van der Waals surface area contributed by atoms with Gasteiger partial charge >= 0.3 is 5.97 Å². The van der Waals surface area contributed by atoms with Crippen molar-refractivity contribution < 1.29 is 13.9 Å². The number of rotatable bonds is 6. The molecule has 4 heteroatoms. The summed E-state index contributed by atoms with van der Waals surface area (Å²) in [5, 5.41) is 0. The van der Waals surface area contributed by atoms with Gasteiger partial charge < -0.3 is 14.1 Å². The van der Waals surface area contributed by atoms with Crippen LogP contribution in [0.5, 0.6) is 0 Å². The zero-order valence-electron chi connectivity index (χ0n) is 18.3. The number of methoxy groups -OCH3 is 1. The third kappa shape index (κ3) is 3.68. The summed E-state index contributed by atoms with van der Waals surface area (Å²) in [7, 11) is 5.66. The van der Waals surface area contributed by atoms with Crippen LogP contribution in [0.15, 0.2) is 28.9 Å². The van der Waals surface area contributed by atoms with E-state index in [4.69, 9.17) is 9.15 Å². The number of fused-ring (bicyclic) bond motifs is 1. The van der Waals surface area contributed by atoms with Crippen LogP contribution in [0, 0.1) is 22.7 Å². The third-order valence-corrected chi connectivity index (χ3v) is 7.67. The fourth-order valence-electron chi connectivity index (χ4n) is 6.28. The van der Waals surface area contributed by atoms with Crippen molar-refractivity contribution in [3.8, 4) is 0 Å². The summed E-state index contributed by atoms with van der Waals surface area (Å²) in [5.41, 5.74) is 2.42. The first-order chi connectivity index (χ1) is 13.2. The Balaban J connectivity index is 1.82. The SMILES string of the molecule is C=C1CCC2[C@](C)(CCC[C@]2(C)C(=O)OC)[C@H]1CCc1ccoc1CN(C)C. The molecule has 0 radical (unpaired) electrons. The number of carbonyl (C=O) groups excluding carboxylic acids is 1. The molecule has 1 aromatic heterocycles. The van der Waals surface area contributed by atoms with Crippen molar-refractivity contribution in [3.05, 3.63) is 35.8 Å². The van der Waals surface area contributed by atoms with Crippen LogP contribution >= 0.6 is 0 Å². The highest BCUT2D eigenvalue weighted by molar-refractivity contribution is 5.77. The zero-order chi connectivity index (χ0) is 20.5. The maximum atomic E-state index is 12.7. The van der Waals surface area contributed by atoms with Crippen LogP contribution in [0.4, 0.5) is 0 Å². The lowest BCUT2D eigenvalue weighted by molar-refractivity contribution is -0.168. The quantitative estimate of drug-likeness (QED) is 0.495. The van der Waals surface area contributed by atoms with E-state index >= 15 is 0 Å². The highest BCUT2D eigenvalue weighted by Crippen LogP contribution is 2.62. The molecule has 28 heavy (non-hydrogen) atoms. The molecule has 4 nitrogen and oxygen atoms in total. The van der Waals surface area contributed by atoms with Crippen LogP contribution in [0.3, 0.4) is 0 Å². The topological polar surface area (TPSA) is 42.7 Å². The van der Waals surface area contributed by atoms with Crippen LogP contribution in [-0.2, 0) is 22.5 Å². The standard InChI is InChI=1S/C24H37NO3/c1-17-8-11-21-23(2,13-7-14-24(21,3)22(26)27-6)19(17)10-9-18-12-15-28-20(18)16-25(4)5/h12,15,19,21H,1,7-11,13-14,16H2,2-6H3/t19-,21?,23+,24-/m0/s1. The van der Waals surface area contributed by atoms with Crippen LogP contribution in [0.2, 0.25) is 0 Å². The smallest absolute Gasteiger partial charge is 0.311 e. The molecule has 2 aliphatic carbocycles. The van der Waals surface area contributed by atoms with E-state index in [1.807, 2.05) is 6.26 Å². The molecule has 2 fully saturated rings. The Morgan fingerprint density at radius 2 is 2.11 bits per heavy atom. The predicted octanol–water partition coefficient (Wildman–Crippen LogP) is 5.23. The Bertz CT molecular complexity index is 721. The minimum atomic E-state index is -0.369. The van der Waals surface area contributed by atoms with Gasteiger partial charge in [0.25, 0.3) is 0 Å². The Labute approximate surface area is 170 Å². The molecule has 0 spiro atoms. The molecule has 156 valence electrons. The average Bonchev–Trinajstić information content (AvgIpc) is 3.06. The summed E-state index contributed by atoms with van der Waals surface area (Å²) in [6, 6.07) is 2.11. The van der Waals surface area contributed by atoms with Gasteiger partial charge in [-0.3, -0.25) is 4.79 Å². The van der Waals surface area contributed by atoms with Crippen molar-refractivity contribution in [2.24, 2.45) is 22.7 Å². The highest BCUT2D eigenvalue weighted by Gasteiger charge is 2.57. The predicted molar refractivity (Wildman–Crippen MR) is 112 cm³/mol. The van der Waals surface area contributed by atoms with E-state index < -0.39 is 0 Å². The molecule has 0 amide bonds. The second kappa shape index (κ2) is 8.06. The molecule has 2 saturated carbocycles. The molecule has 1 unspecified atom stereocenters.